The van der Waals surface area contributed by atoms with E-state index >= 15 is 0 Å². The summed E-state index contributed by atoms with van der Waals surface area (Å²) in [6, 6.07) is 61.3. The maximum Gasteiger partial charge on any atom is 0.269 e. The van der Waals surface area contributed by atoms with Crippen molar-refractivity contribution in [2.45, 2.75) is 77.6 Å². The van der Waals surface area contributed by atoms with Crippen LogP contribution in [-0.2, 0) is 16.2 Å². The molecule has 5 heterocycles. The van der Waals surface area contributed by atoms with Crippen LogP contribution in [0.15, 0.2) is 180 Å². The van der Waals surface area contributed by atoms with Crippen LogP contribution < -0.4 is 9.30 Å². The predicted molar refractivity (Wildman–Crippen MR) is 293 cm³/mol. The van der Waals surface area contributed by atoms with E-state index in [0.29, 0.717) is 0 Å². The van der Waals surface area contributed by atoms with Gasteiger partial charge in [0.25, 0.3) is 6.33 Å². The Morgan fingerprint density at radius 1 is 0.556 bits per heavy atom. The Bertz CT molecular complexity index is 4250. The van der Waals surface area contributed by atoms with Crippen LogP contribution in [0.2, 0.25) is 0 Å². The number of hydrogen-bond acceptors (Lipinski definition) is 3. The number of fused-ring (bicyclic) bond motifs is 15. The molecule has 0 atom stereocenters. The lowest BCUT2D eigenvalue weighted by atomic mass is 9.62. The first kappa shape index (κ1) is 42.6. The summed E-state index contributed by atoms with van der Waals surface area (Å²) >= 11 is 0. The molecule has 0 spiro atoms. The average molecular weight is 935 g/mol. The molecule has 1 aliphatic heterocycles. The SMILES string of the molecule is CC(C)(C)c1ccnc(-n2c3ccccc3c3ccc(Oc4cccc(-n5[c-][n+]6c7c(cccc75)-c5ccccc5-c5cc7c(cc5-c5ccc8oc9ccccc9c8c5-6)C(C)(C)CCC7(C)C)c4)cc32)c1. The molecule has 0 bridgehead atoms. The van der Waals surface area contributed by atoms with Crippen LogP contribution in [0.3, 0.4) is 0 Å². The van der Waals surface area contributed by atoms with Gasteiger partial charge < -0.3 is 9.15 Å². The molecule has 4 aromatic heterocycles. The maximum atomic E-state index is 6.89. The molecule has 0 fully saturated rings. The highest BCUT2D eigenvalue weighted by Gasteiger charge is 2.39. The monoisotopic (exact) mass is 934 g/mol. The second kappa shape index (κ2) is 15.1. The van der Waals surface area contributed by atoms with Gasteiger partial charge in [0.1, 0.15) is 28.5 Å². The molecule has 350 valence electrons. The van der Waals surface area contributed by atoms with Crippen LogP contribution >= 0.6 is 0 Å². The number of benzene rings is 8. The first-order valence-electron chi connectivity index (χ1n) is 25.3. The van der Waals surface area contributed by atoms with Crippen molar-refractivity contribution >= 4 is 54.8 Å². The summed E-state index contributed by atoms with van der Waals surface area (Å²) < 4.78 is 20.4. The topological polar surface area (TPSA) is 49.0 Å². The number of nitrogens with zero attached hydrogens (tertiary/aromatic N) is 4. The van der Waals surface area contributed by atoms with Gasteiger partial charge in [0, 0.05) is 33.8 Å². The summed E-state index contributed by atoms with van der Waals surface area (Å²) in [4.78, 5) is 4.92. The first-order valence-corrected chi connectivity index (χ1v) is 25.3. The zero-order valence-corrected chi connectivity index (χ0v) is 41.8. The zero-order valence-electron chi connectivity index (χ0n) is 41.8. The van der Waals surface area contributed by atoms with E-state index in [9.17, 15) is 0 Å². The van der Waals surface area contributed by atoms with E-state index in [0.717, 1.165) is 102 Å². The lowest BCUT2D eigenvalue weighted by Gasteiger charge is -2.42. The third-order valence-corrected chi connectivity index (χ3v) is 16.0. The summed E-state index contributed by atoms with van der Waals surface area (Å²) in [6.45, 7) is 16.4. The van der Waals surface area contributed by atoms with Crippen LogP contribution in [-0.4, -0.2) is 14.1 Å². The Morgan fingerprint density at radius 3 is 2.00 bits per heavy atom. The molecule has 2 aliphatic rings. The Labute approximate surface area is 419 Å². The Morgan fingerprint density at radius 2 is 1.21 bits per heavy atom. The molecule has 1 aliphatic carbocycles. The van der Waals surface area contributed by atoms with Gasteiger partial charge in [-0.15, -0.1) is 0 Å². The van der Waals surface area contributed by atoms with E-state index in [1.165, 1.54) is 44.3 Å². The number of ether oxygens (including phenoxy) is 1. The van der Waals surface area contributed by atoms with Gasteiger partial charge in [0.05, 0.1) is 33.4 Å². The quantitative estimate of drug-likeness (QED) is 0.130. The van der Waals surface area contributed by atoms with Gasteiger partial charge in [0.15, 0.2) is 0 Å². The van der Waals surface area contributed by atoms with E-state index in [4.69, 9.17) is 14.1 Å². The second-order valence-corrected chi connectivity index (χ2v) is 22.4. The van der Waals surface area contributed by atoms with Gasteiger partial charge in [-0.2, -0.15) is 0 Å². The lowest BCUT2D eigenvalue weighted by Crippen LogP contribution is -2.34. The van der Waals surface area contributed by atoms with Crippen molar-refractivity contribution in [3.05, 3.63) is 199 Å². The first-order chi connectivity index (χ1) is 34.8. The zero-order chi connectivity index (χ0) is 48.8. The molecule has 0 unspecified atom stereocenters. The number of aromatic nitrogens is 4. The molecule has 6 heteroatoms. The minimum atomic E-state index is -0.0255. The van der Waals surface area contributed by atoms with Crippen LogP contribution in [0.5, 0.6) is 11.5 Å². The van der Waals surface area contributed by atoms with Crippen LogP contribution in [0, 0.1) is 6.33 Å². The van der Waals surface area contributed by atoms with Crippen molar-refractivity contribution in [1.82, 2.24) is 14.1 Å². The van der Waals surface area contributed by atoms with Crippen molar-refractivity contribution in [3.8, 4) is 62.1 Å². The summed E-state index contributed by atoms with van der Waals surface area (Å²) in [5.74, 6) is 2.35. The number of para-hydroxylation sites is 3. The molecule has 72 heavy (non-hydrogen) atoms. The van der Waals surface area contributed by atoms with Crippen molar-refractivity contribution in [1.29, 1.82) is 0 Å². The van der Waals surface area contributed by atoms with Crippen molar-refractivity contribution in [2.24, 2.45) is 0 Å². The summed E-state index contributed by atoms with van der Waals surface area (Å²) in [5, 5.41) is 4.46. The number of pyridine rings is 1. The van der Waals surface area contributed by atoms with Gasteiger partial charge in [-0.05, 0) is 146 Å². The van der Waals surface area contributed by atoms with Gasteiger partial charge in [-0.3, -0.25) is 13.7 Å². The normalized spacial score (nSPS) is 14.7. The summed E-state index contributed by atoms with van der Waals surface area (Å²) in [6.07, 6.45) is 8.19. The van der Waals surface area contributed by atoms with Gasteiger partial charge >= 0.3 is 0 Å². The summed E-state index contributed by atoms with van der Waals surface area (Å²) in [5.41, 5.74) is 19.2. The number of imidazole rings is 1. The van der Waals surface area contributed by atoms with Crippen molar-refractivity contribution in [3.63, 3.8) is 0 Å². The fourth-order valence-corrected chi connectivity index (χ4v) is 12.1. The van der Waals surface area contributed by atoms with Crippen LogP contribution in [0.25, 0.3) is 105 Å². The van der Waals surface area contributed by atoms with E-state index < -0.39 is 0 Å². The van der Waals surface area contributed by atoms with Crippen molar-refractivity contribution in [2.75, 3.05) is 0 Å². The smallest absolute Gasteiger partial charge is 0.269 e. The predicted octanol–water partition coefficient (Wildman–Crippen LogP) is 16.9. The minimum Gasteiger partial charge on any atom is -0.458 e. The fraction of sp³-hybridized carbons (Fsp3) is 0.182. The highest BCUT2D eigenvalue weighted by atomic mass is 16.5. The summed E-state index contributed by atoms with van der Waals surface area (Å²) in [7, 11) is 0. The molecule has 14 rings (SSSR count). The van der Waals surface area contributed by atoms with Crippen LogP contribution in [0.1, 0.15) is 78.0 Å². The highest BCUT2D eigenvalue weighted by molar-refractivity contribution is 6.13. The Balaban J connectivity index is 0.982. The number of hydrogen-bond donors (Lipinski definition) is 0. The number of furan rings is 1. The largest absolute Gasteiger partial charge is 0.458 e. The maximum absolute atomic E-state index is 6.89. The molecule has 0 saturated carbocycles. The average Bonchev–Trinajstić information content (AvgIpc) is 4.08. The number of rotatable bonds is 4. The van der Waals surface area contributed by atoms with E-state index in [1.54, 1.807) is 0 Å². The standard InChI is InChI=1S/C66H54N4O2/c1-64(2,3)40-30-33-67-60(34-40)70-55-23-12-10-20-46(55)47-27-26-43(36-57(47)70)71-42-17-14-16-41(35-42)68-39-69-62-48(22-15-24-56(62)68)44-18-8-9-19-45(44)51-37-53-54(66(6,7)32-31-65(53,4)5)38-52(51)49-28-29-59-61(63(49)69)50-21-11-13-25-58(50)72-59/h8-30,33-38H,31-32H2,1-7H3. The van der Waals surface area contributed by atoms with Crippen LogP contribution in [0.4, 0.5) is 0 Å². The third-order valence-electron chi connectivity index (χ3n) is 16.0. The molecular formula is C66H54N4O2. The minimum absolute atomic E-state index is 0.00970. The molecule has 12 aromatic rings. The Kier molecular flexibility index (Phi) is 8.97. The molecule has 0 amide bonds. The molecule has 6 nitrogen and oxygen atoms in total. The fourth-order valence-electron chi connectivity index (χ4n) is 12.1. The molecule has 0 N–H and O–H groups in total. The van der Waals surface area contributed by atoms with Gasteiger partial charge in [-0.25, -0.2) is 4.98 Å². The lowest BCUT2D eigenvalue weighted by molar-refractivity contribution is -0.569. The van der Waals surface area contributed by atoms with E-state index in [2.05, 4.69) is 232 Å². The van der Waals surface area contributed by atoms with E-state index in [1.807, 2.05) is 12.3 Å². The molecule has 8 aromatic carbocycles. The second-order valence-electron chi connectivity index (χ2n) is 22.4. The Hall–Kier alpha value is -8.22. The highest BCUT2D eigenvalue weighted by Crippen LogP contribution is 2.52. The van der Waals surface area contributed by atoms with Crippen molar-refractivity contribution < 1.29 is 13.7 Å². The van der Waals surface area contributed by atoms with Gasteiger partial charge in [0.2, 0.25) is 0 Å². The molecular weight excluding hydrogens is 881 g/mol. The van der Waals surface area contributed by atoms with Gasteiger partial charge in [-0.1, -0.05) is 146 Å². The molecule has 0 radical (unpaired) electrons. The van der Waals surface area contributed by atoms with E-state index in [-0.39, 0.29) is 16.2 Å². The molecule has 0 saturated heterocycles. The third kappa shape index (κ3) is 6.34.